The maximum absolute atomic E-state index is 9.84. The molecule has 0 bridgehead atoms. The van der Waals surface area contributed by atoms with Gasteiger partial charge in [-0.1, -0.05) is 45.0 Å². The molecule has 0 spiro atoms. The molecule has 0 radical (unpaired) electrons. The van der Waals surface area contributed by atoms with Crippen molar-refractivity contribution in [3.05, 3.63) is 35.4 Å². The van der Waals surface area contributed by atoms with Crippen LogP contribution in [0.15, 0.2) is 24.3 Å². The van der Waals surface area contributed by atoms with E-state index in [9.17, 15) is 5.11 Å². The van der Waals surface area contributed by atoms with Crippen LogP contribution in [0.1, 0.15) is 38.8 Å². The first-order valence-corrected chi connectivity index (χ1v) is 5.21. The Labute approximate surface area is 91.6 Å². The van der Waals surface area contributed by atoms with E-state index in [0.29, 0.717) is 0 Å². The zero-order chi connectivity index (χ0) is 11.7. The Hall–Kier alpha value is -0.860. The van der Waals surface area contributed by atoms with Crippen molar-refractivity contribution in [1.29, 1.82) is 0 Å². The number of benzene rings is 1. The standard InChI is InChI=1S/C13H20O2/c1-12(2,3)10-5-7-11(8-6-10)13(4,15)9-14/h5-8,14-15H,9H2,1-4H3. The van der Waals surface area contributed by atoms with Crippen LogP contribution in [-0.4, -0.2) is 16.8 Å². The number of aliphatic hydroxyl groups is 2. The maximum Gasteiger partial charge on any atom is 0.110 e. The van der Waals surface area contributed by atoms with Crippen LogP contribution in [0.4, 0.5) is 0 Å². The maximum atomic E-state index is 9.84. The van der Waals surface area contributed by atoms with Crippen molar-refractivity contribution in [3.8, 4) is 0 Å². The molecule has 1 unspecified atom stereocenters. The summed E-state index contributed by atoms with van der Waals surface area (Å²) in [6.07, 6.45) is 0. The smallest absolute Gasteiger partial charge is 0.110 e. The zero-order valence-electron chi connectivity index (χ0n) is 9.91. The third-order valence-electron chi connectivity index (χ3n) is 2.68. The molecule has 0 amide bonds. The largest absolute Gasteiger partial charge is 0.393 e. The fourth-order valence-corrected chi connectivity index (χ4v) is 1.42. The number of rotatable bonds is 2. The van der Waals surface area contributed by atoms with E-state index in [1.165, 1.54) is 5.56 Å². The predicted molar refractivity (Wildman–Crippen MR) is 61.8 cm³/mol. The Morgan fingerprint density at radius 2 is 1.33 bits per heavy atom. The molecule has 0 aliphatic heterocycles. The number of hydrogen-bond donors (Lipinski definition) is 2. The molecule has 0 saturated carbocycles. The molecule has 1 aromatic rings. The molecule has 0 saturated heterocycles. The summed E-state index contributed by atoms with van der Waals surface area (Å²) in [6, 6.07) is 7.74. The van der Waals surface area contributed by atoms with Gasteiger partial charge >= 0.3 is 0 Å². The molecule has 15 heavy (non-hydrogen) atoms. The van der Waals surface area contributed by atoms with E-state index in [1.807, 2.05) is 24.3 Å². The molecular weight excluding hydrogens is 188 g/mol. The number of aliphatic hydroxyl groups excluding tert-OH is 1. The summed E-state index contributed by atoms with van der Waals surface area (Å²) in [7, 11) is 0. The van der Waals surface area contributed by atoms with Crippen molar-refractivity contribution in [3.63, 3.8) is 0 Å². The van der Waals surface area contributed by atoms with Gasteiger partial charge in [-0.15, -0.1) is 0 Å². The number of hydrogen-bond acceptors (Lipinski definition) is 2. The average Bonchev–Trinajstić information content (AvgIpc) is 2.17. The van der Waals surface area contributed by atoms with Gasteiger partial charge < -0.3 is 10.2 Å². The second kappa shape index (κ2) is 3.95. The minimum atomic E-state index is -1.14. The fourth-order valence-electron chi connectivity index (χ4n) is 1.42. The average molecular weight is 208 g/mol. The molecule has 1 rings (SSSR count). The van der Waals surface area contributed by atoms with Gasteiger partial charge in [0, 0.05) is 0 Å². The van der Waals surface area contributed by atoms with E-state index in [0.717, 1.165) is 5.56 Å². The summed E-state index contributed by atoms with van der Waals surface area (Å²) in [6.45, 7) is 7.78. The van der Waals surface area contributed by atoms with Crippen LogP contribution in [0.2, 0.25) is 0 Å². The Balaban J connectivity index is 3.01. The van der Waals surface area contributed by atoms with Crippen LogP contribution in [0.3, 0.4) is 0 Å². The van der Waals surface area contributed by atoms with Crippen LogP contribution in [0.25, 0.3) is 0 Å². The molecule has 1 atom stereocenters. The lowest BCUT2D eigenvalue weighted by atomic mass is 9.85. The van der Waals surface area contributed by atoms with Crippen LogP contribution in [-0.2, 0) is 11.0 Å². The third kappa shape index (κ3) is 2.80. The normalized spacial score (nSPS) is 16.1. The molecular formula is C13H20O2. The molecule has 1 aromatic carbocycles. The Morgan fingerprint density at radius 1 is 0.933 bits per heavy atom. The SMILES string of the molecule is CC(C)(C)c1ccc(C(C)(O)CO)cc1. The highest BCUT2D eigenvalue weighted by Crippen LogP contribution is 2.25. The van der Waals surface area contributed by atoms with Gasteiger partial charge in [-0.25, -0.2) is 0 Å². The molecule has 0 aliphatic carbocycles. The molecule has 2 N–H and O–H groups in total. The van der Waals surface area contributed by atoms with E-state index in [4.69, 9.17) is 5.11 Å². The van der Waals surface area contributed by atoms with Gasteiger partial charge in [0.1, 0.15) is 5.60 Å². The van der Waals surface area contributed by atoms with Crippen molar-refractivity contribution in [2.24, 2.45) is 0 Å². The van der Waals surface area contributed by atoms with Gasteiger partial charge in [0.05, 0.1) is 6.61 Å². The Bertz CT molecular complexity index is 317. The lowest BCUT2D eigenvalue weighted by Crippen LogP contribution is -2.26. The van der Waals surface area contributed by atoms with E-state index < -0.39 is 5.60 Å². The van der Waals surface area contributed by atoms with Crippen LogP contribution >= 0.6 is 0 Å². The summed E-state index contributed by atoms with van der Waals surface area (Å²) in [5.41, 5.74) is 0.943. The fraction of sp³-hybridized carbons (Fsp3) is 0.538. The van der Waals surface area contributed by atoms with Gasteiger partial charge in [-0.05, 0) is 23.5 Å². The summed E-state index contributed by atoms with van der Waals surface area (Å²) < 4.78 is 0. The van der Waals surface area contributed by atoms with Gasteiger partial charge in [0.25, 0.3) is 0 Å². The first-order chi connectivity index (χ1) is 6.77. The second-order valence-corrected chi connectivity index (χ2v) is 5.26. The van der Waals surface area contributed by atoms with Crippen LogP contribution in [0.5, 0.6) is 0 Å². The van der Waals surface area contributed by atoms with Crippen LogP contribution < -0.4 is 0 Å². The van der Waals surface area contributed by atoms with E-state index in [-0.39, 0.29) is 12.0 Å². The van der Waals surface area contributed by atoms with E-state index in [2.05, 4.69) is 20.8 Å². The first-order valence-electron chi connectivity index (χ1n) is 5.21. The second-order valence-electron chi connectivity index (χ2n) is 5.26. The highest BCUT2D eigenvalue weighted by atomic mass is 16.3. The van der Waals surface area contributed by atoms with E-state index >= 15 is 0 Å². The summed E-state index contributed by atoms with van der Waals surface area (Å²) in [5.74, 6) is 0. The minimum Gasteiger partial charge on any atom is -0.393 e. The summed E-state index contributed by atoms with van der Waals surface area (Å²) in [5, 5.41) is 18.9. The van der Waals surface area contributed by atoms with Crippen molar-refractivity contribution in [2.45, 2.75) is 38.7 Å². The quantitative estimate of drug-likeness (QED) is 0.782. The molecule has 2 nitrogen and oxygen atoms in total. The highest BCUT2D eigenvalue weighted by molar-refractivity contribution is 5.30. The molecule has 0 aliphatic rings. The third-order valence-corrected chi connectivity index (χ3v) is 2.68. The topological polar surface area (TPSA) is 40.5 Å². The van der Waals surface area contributed by atoms with Gasteiger partial charge in [0.2, 0.25) is 0 Å². The Kier molecular flexibility index (Phi) is 3.22. The van der Waals surface area contributed by atoms with Crippen molar-refractivity contribution >= 4 is 0 Å². The van der Waals surface area contributed by atoms with Crippen LogP contribution in [0, 0.1) is 0 Å². The molecule has 2 heteroatoms. The summed E-state index contributed by atoms with van der Waals surface area (Å²) in [4.78, 5) is 0. The zero-order valence-corrected chi connectivity index (χ0v) is 9.91. The monoisotopic (exact) mass is 208 g/mol. The molecule has 0 aromatic heterocycles. The Morgan fingerprint density at radius 3 is 1.67 bits per heavy atom. The lowest BCUT2D eigenvalue weighted by molar-refractivity contribution is -0.00230. The molecule has 84 valence electrons. The lowest BCUT2D eigenvalue weighted by Gasteiger charge is -2.23. The minimum absolute atomic E-state index is 0.115. The highest BCUT2D eigenvalue weighted by Gasteiger charge is 2.22. The molecule has 0 fully saturated rings. The van der Waals surface area contributed by atoms with Gasteiger partial charge in [-0.2, -0.15) is 0 Å². The summed E-state index contributed by atoms with van der Waals surface area (Å²) >= 11 is 0. The predicted octanol–water partition coefficient (Wildman–Crippen LogP) is 2.18. The molecule has 0 heterocycles. The van der Waals surface area contributed by atoms with Crippen molar-refractivity contribution in [2.75, 3.05) is 6.61 Å². The van der Waals surface area contributed by atoms with Crippen molar-refractivity contribution < 1.29 is 10.2 Å². The van der Waals surface area contributed by atoms with E-state index in [1.54, 1.807) is 6.92 Å². The first kappa shape index (κ1) is 12.2. The van der Waals surface area contributed by atoms with Gasteiger partial charge in [-0.3, -0.25) is 0 Å². The van der Waals surface area contributed by atoms with Crippen molar-refractivity contribution in [1.82, 2.24) is 0 Å². The van der Waals surface area contributed by atoms with Gasteiger partial charge in [0.15, 0.2) is 0 Å².